The molecule has 1 saturated carbocycles. The molecule has 4 rings (SSSR count). The largest absolute Gasteiger partial charge is 0.490 e. The smallest absolute Gasteiger partial charge is 0.323 e. The number of amides is 3. The lowest BCUT2D eigenvalue weighted by Gasteiger charge is -2.20. The average Bonchev–Trinajstić information content (AvgIpc) is 3.28. The summed E-state index contributed by atoms with van der Waals surface area (Å²) < 4.78 is 5.42. The minimum absolute atomic E-state index is 0.0837. The van der Waals surface area contributed by atoms with Gasteiger partial charge in [-0.2, -0.15) is 0 Å². The topological polar surface area (TPSA) is 79.5 Å². The monoisotopic (exact) mass is 377 g/mol. The lowest BCUT2D eigenvalue weighted by molar-refractivity contribution is -0.120. The zero-order valence-corrected chi connectivity index (χ0v) is 15.6. The van der Waals surface area contributed by atoms with Gasteiger partial charge in [0, 0.05) is 17.1 Å². The first-order valence-electron chi connectivity index (χ1n) is 9.48. The van der Waals surface area contributed by atoms with Crippen LogP contribution in [0.1, 0.15) is 31.2 Å². The summed E-state index contributed by atoms with van der Waals surface area (Å²) in [7, 11) is 0. The number of carbonyl (C=O) groups excluding carboxylic acids is 2. The number of fused-ring (bicyclic) bond motifs is 2. The molecule has 0 aromatic heterocycles. The van der Waals surface area contributed by atoms with Crippen LogP contribution in [0.3, 0.4) is 0 Å². The SMILES string of the molecule is C=CCOc1ccc(NC(=O)Nc2ccc3c(c2)NC(=O)C32CCCC2)cc1. The number of ether oxygens (including phenoxy) is 1. The molecule has 2 aromatic rings. The molecule has 0 saturated heterocycles. The van der Waals surface area contributed by atoms with Crippen molar-refractivity contribution in [2.24, 2.45) is 0 Å². The van der Waals surface area contributed by atoms with E-state index in [1.54, 1.807) is 30.3 Å². The van der Waals surface area contributed by atoms with Crippen LogP contribution in [-0.4, -0.2) is 18.5 Å². The van der Waals surface area contributed by atoms with Crippen LogP contribution in [0, 0.1) is 0 Å². The maximum Gasteiger partial charge on any atom is 0.323 e. The summed E-state index contributed by atoms with van der Waals surface area (Å²) in [5.41, 5.74) is 2.77. The molecule has 1 heterocycles. The number of urea groups is 1. The Morgan fingerprint density at radius 3 is 2.50 bits per heavy atom. The molecule has 1 fully saturated rings. The molecule has 2 aromatic carbocycles. The molecule has 2 aliphatic rings. The minimum atomic E-state index is -0.370. The summed E-state index contributed by atoms with van der Waals surface area (Å²) in [5.74, 6) is 0.793. The molecule has 1 aliphatic heterocycles. The van der Waals surface area contributed by atoms with E-state index < -0.39 is 0 Å². The summed E-state index contributed by atoms with van der Waals surface area (Å²) in [5, 5.41) is 8.59. The van der Waals surface area contributed by atoms with E-state index in [4.69, 9.17) is 4.74 Å². The van der Waals surface area contributed by atoms with Crippen molar-refractivity contribution >= 4 is 29.0 Å². The van der Waals surface area contributed by atoms with Gasteiger partial charge >= 0.3 is 6.03 Å². The van der Waals surface area contributed by atoms with Crippen LogP contribution >= 0.6 is 0 Å². The fourth-order valence-corrected chi connectivity index (χ4v) is 4.07. The van der Waals surface area contributed by atoms with E-state index in [0.29, 0.717) is 23.7 Å². The molecule has 6 heteroatoms. The number of nitrogens with one attached hydrogen (secondary N) is 3. The van der Waals surface area contributed by atoms with Crippen molar-refractivity contribution in [3.63, 3.8) is 0 Å². The van der Waals surface area contributed by atoms with Gasteiger partial charge in [-0.05, 0) is 54.8 Å². The molecule has 0 bridgehead atoms. The van der Waals surface area contributed by atoms with Gasteiger partial charge in [-0.15, -0.1) is 0 Å². The predicted molar refractivity (Wildman–Crippen MR) is 110 cm³/mol. The Hall–Kier alpha value is -3.28. The van der Waals surface area contributed by atoms with E-state index in [1.165, 1.54) is 0 Å². The molecule has 144 valence electrons. The molecule has 0 unspecified atom stereocenters. The number of benzene rings is 2. The van der Waals surface area contributed by atoms with Gasteiger partial charge in [0.25, 0.3) is 0 Å². The Morgan fingerprint density at radius 1 is 1.11 bits per heavy atom. The van der Waals surface area contributed by atoms with Crippen molar-refractivity contribution in [3.05, 3.63) is 60.7 Å². The van der Waals surface area contributed by atoms with Gasteiger partial charge in [-0.1, -0.05) is 31.6 Å². The molecular weight excluding hydrogens is 354 g/mol. The van der Waals surface area contributed by atoms with Crippen LogP contribution in [0.25, 0.3) is 0 Å². The quantitative estimate of drug-likeness (QED) is 0.663. The molecule has 3 amide bonds. The first kappa shape index (κ1) is 18.1. The van der Waals surface area contributed by atoms with Crippen LogP contribution in [0.5, 0.6) is 5.75 Å². The van der Waals surface area contributed by atoms with Gasteiger partial charge in [0.2, 0.25) is 5.91 Å². The third-order valence-corrected chi connectivity index (χ3v) is 5.41. The third kappa shape index (κ3) is 3.33. The highest BCUT2D eigenvalue weighted by atomic mass is 16.5. The summed E-state index contributed by atoms with van der Waals surface area (Å²) in [6, 6.07) is 12.4. The molecular formula is C22H23N3O3. The second-order valence-electron chi connectivity index (χ2n) is 7.21. The van der Waals surface area contributed by atoms with Crippen molar-refractivity contribution in [3.8, 4) is 5.75 Å². The first-order chi connectivity index (χ1) is 13.6. The van der Waals surface area contributed by atoms with Gasteiger partial charge < -0.3 is 20.7 Å². The molecule has 6 nitrogen and oxygen atoms in total. The maximum atomic E-state index is 12.5. The van der Waals surface area contributed by atoms with Crippen LogP contribution < -0.4 is 20.7 Å². The maximum absolute atomic E-state index is 12.5. The standard InChI is InChI=1S/C22H23N3O3/c1-2-13-28-17-8-5-15(6-9-17)23-21(27)24-16-7-10-18-19(14-16)25-20(26)22(18)11-3-4-12-22/h2,5-10,14H,1,3-4,11-13H2,(H,25,26)(H2,23,24,27). The van der Waals surface area contributed by atoms with Crippen LogP contribution in [0.15, 0.2) is 55.1 Å². The Labute approximate surface area is 164 Å². The zero-order valence-electron chi connectivity index (χ0n) is 15.6. The lowest BCUT2D eigenvalue weighted by atomic mass is 9.80. The fourth-order valence-electron chi connectivity index (χ4n) is 4.07. The Bertz CT molecular complexity index is 915. The summed E-state index contributed by atoms with van der Waals surface area (Å²) in [6.07, 6.45) is 5.61. The third-order valence-electron chi connectivity index (χ3n) is 5.41. The van der Waals surface area contributed by atoms with Gasteiger partial charge in [0.05, 0.1) is 5.41 Å². The van der Waals surface area contributed by atoms with Gasteiger partial charge in [0.1, 0.15) is 12.4 Å². The number of hydrogen-bond donors (Lipinski definition) is 3. The Morgan fingerprint density at radius 2 is 1.79 bits per heavy atom. The fraction of sp³-hybridized carbons (Fsp3) is 0.273. The van der Waals surface area contributed by atoms with E-state index in [-0.39, 0.29) is 17.4 Å². The predicted octanol–water partition coefficient (Wildman–Crippen LogP) is 4.66. The number of anilines is 3. The highest BCUT2D eigenvalue weighted by Gasteiger charge is 2.48. The second-order valence-corrected chi connectivity index (χ2v) is 7.21. The van der Waals surface area contributed by atoms with E-state index in [0.717, 1.165) is 36.9 Å². The van der Waals surface area contributed by atoms with E-state index in [9.17, 15) is 9.59 Å². The molecule has 3 N–H and O–H groups in total. The van der Waals surface area contributed by atoms with Crippen LogP contribution in [0.2, 0.25) is 0 Å². The van der Waals surface area contributed by atoms with Gasteiger partial charge in [-0.3, -0.25) is 4.79 Å². The van der Waals surface area contributed by atoms with Crippen molar-refractivity contribution in [2.45, 2.75) is 31.1 Å². The molecule has 1 aliphatic carbocycles. The van der Waals surface area contributed by atoms with Crippen molar-refractivity contribution in [2.75, 3.05) is 22.6 Å². The first-order valence-corrected chi connectivity index (χ1v) is 9.48. The molecule has 0 radical (unpaired) electrons. The molecule has 0 atom stereocenters. The summed E-state index contributed by atoms with van der Waals surface area (Å²) >= 11 is 0. The van der Waals surface area contributed by atoms with E-state index in [1.807, 2.05) is 18.2 Å². The normalized spacial score (nSPS) is 16.4. The highest BCUT2D eigenvalue weighted by molar-refractivity contribution is 6.07. The van der Waals surface area contributed by atoms with Gasteiger partial charge in [-0.25, -0.2) is 4.79 Å². The Balaban J connectivity index is 1.41. The summed E-state index contributed by atoms with van der Waals surface area (Å²) in [4.78, 5) is 24.8. The molecule has 28 heavy (non-hydrogen) atoms. The van der Waals surface area contributed by atoms with Crippen molar-refractivity contribution in [1.82, 2.24) is 0 Å². The summed E-state index contributed by atoms with van der Waals surface area (Å²) in [6.45, 7) is 4.04. The van der Waals surface area contributed by atoms with E-state index in [2.05, 4.69) is 22.5 Å². The zero-order chi connectivity index (χ0) is 19.6. The highest BCUT2D eigenvalue weighted by Crippen LogP contribution is 2.49. The Kier molecular flexibility index (Phi) is 4.77. The minimum Gasteiger partial charge on any atom is -0.490 e. The second kappa shape index (κ2) is 7.38. The van der Waals surface area contributed by atoms with Crippen molar-refractivity contribution < 1.29 is 14.3 Å². The number of rotatable bonds is 5. The van der Waals surface area contributed by atoms with E-state index >= 15 is 0 Å². The molecule has 1 spiro atoms. The van der Waals surface area contributed by atoms with Crippen molar-refractivity contribution in [1.29, 1.82) is 0 Å². The number of carbonyl (C=O) groups is 2. The lowest BCUT2D eigenvalue weighted by Crippen LogP contribution is -2.30. The van der Waals surface area contributed by atoms with Crippen LogP contribution in [0.4, 0.5) is 21.9 Å². The average molecular weight is 377 g/mol. The van der Waals surface area contributed by atoms with Crippen LogP contribution in [-0.2, 0) is 10.2 Å². The number of hydrogen-bond acceptors (Lipinski definition) is 3. The van der Waals surface area contributed by atoms with Gasteiger partial charge in [0.15, 0.2) is 0 Å².